The van der Waals surface area contributed by atoms with Crippen LogP contribution in [0.4, 0.5) is 0 Å². The molecule has 18 heavy (non-hydrogen) atoms. The molecule has 1 saturated carbocycles. The van der Waals surface area contributed by atoms with Gasteiger partial charge in [-0.2, -0.15) is 0 Å². The van der Waals surface area contributed by atoms with Crippen molar-refractivity contribution in [1.29, 1.82) is 0 Å². The van der Waals surface area contributed by atoms with E-state index in [1.54, 1.807) is 0 Å². The molecule has 0 radical (unpaired) electrons. The number of hydrogen-bond acceptors (Lipinski definition) is 3. The van der Waals surface area contributed by atoms with Gasteiger partial charge in [-0.3, -0.25) is 0 Å². The molecule has 1 aromatic heterocycles. The summed E-state index contributed by atoms with van der Waals surface area (Å²) in [6, 6.07) is 1.89. The molecule has 0 aromatic carbocycles. The Bertz CT molecular complexity index is 409. The van der Waals surface area contributed by atoms with Crippen molar-refractivity contribution in [2.45, 2.75) is 56.9 Å². The summed E-state index contributed by atoms with van der Waals surface area (Å²) in [4.78, 5) is 8.96. The van der Waals surface area contributed by atoms with E-state index in [1.165, 1.54) is 25.7 Å². The maximum Gasteiger partial charge on any atom is 0.136 e. The number of hydrogen-bond donors (Lipinski definition) is 0. The van der Waals surface area contributed by atoms with Gasteiger partial charge in [0.25, 0.3) is 0 Å². The summed E-state index contributed by atoms with van der Waals surface area (Å²) in [5.74, 6) is 2.86. The highest BCUT2D eigenvalue weighted by Crippen LogP contribution is 2.31. The van der Waals surface area contributed by atoms with Crippen LogP contribution >= 0.6 is 23.4 Å². The standard InChI is InChI=1S/C14H21ClN2S/c1-14(2,3)13-16-11(15)8-12(17-13)18-9-10-6-4-5-7-10/h8,10H,4-7,9H2,1-3H3. The topological polar surface area (TPSA) is 25.8 Å². The largest absolute Gasteiger partial charge is 0.226 e. The second-order valence-electron chi connectivity index (χ2n) is 6.06. The summed E-state index contributed by atoms with van der Waals surface area (Å²) in [6.45, 7) is 6.35. The van der Waals surface area contributed by atoms with Gasteiger partial charge in [0.05, 0.1) is 0 Å². The quantitative estimate of drug-likeness (QED) is 0.594. The van der Waals surface area contributed by atoms with Crippen LogP contribution in [0.1, 0.15) is 52.3 Å². The van der Waals surface area contributed by atoms with E-state index in [2.05, 4.69) is 30.7 Å². The molecule has 1 aliphatic rings. The van der Waals surface area contributed by atoms with Gasteiger partial charge in [-0.05, 0) is 18.8 Å². The lowest BCUT2D eigenvalue weighted by molar-refractivity contribution is 0.538. The first-order valence-corrected chi connectivity index (χ1v) is 7.99. The number of aromatic nitrogens is 2. The van der Waals surface area contributed by atoms with E-state index in [4.69, 9.17) is 11.6 Å². The Kier molecular flexibility index (Phi) is 4.54. The molecular formula is C14H21ClN2S. The smallest absolute Gasteiger partial charge is 0.136 e. The first-order valence-electron chi connectivity index (χ1n) is 6.63. The van der Waals surface area contributed by atoms with Gasteiger partial charge >= 0.3 is 0 Å². The minimum atomic E-state index is -0.0480. The Hall–Kier alpha value is -0.280. The third kappa shape index (κ3) is 3.86. The average Bonchev–Trinajstić information content (AvgIpc) is 2.77. The highest BCUT2D eigenvalue weighted by molar-refractivity contribution is 7.99. The summed E-state index contributed by atoms with van der Waals surface area (Å²) in [6.07, 6.45) is 5.53. The molecule has 4 heteroatoms. The van der Waals surface area contributed by atoms with Crippen LogP contribution in [0, 0.1) is 5.92 Å². The number of nitrogens with zero attached hydrogens (tertiary/aromatic N) is 2. The molecule has 2 rings (SSSR count). The molecule has 1 fully saturated rings. The predicted molar refractivity (Wildman–Crippen MR) is 78.4 cm³/mol. The van der Waals surface area contributed by atoms with Crippen molar-refractivity contribution in [3.63, 3.8) is 0 Å². The van der Waals surface area contributed by atoms with Crippen LogP contribution in [0.5, 0.6) is 0 Å². The Morgan fingerprint density at radius 2 is 1.94 bits per heavy atom. The monoisotopic (exact) mass is 284 g/mol. The molecule has 1 aromatic rings. The Morgan fingerprint density at radius 1 is 1.28 bits per heavy atom. The molecule has 0 amide bonds. The summed E-state index contributed by atoms with van der Waals surface area (Å²) >= 11 is 7.91. The van der Waals surface area contributed by atoms with Crippen molar-refractivity contribution in [1.82, 2.24) is 9.97 Å². The fraction of sp³-hybridized carbons (Fsp3) is 0.714. The van der Waals surface area contributed by atoms with Crippen LogP contribution < -0.4 is 0 Å². The molecule has 100 valence electrons. The first kappa shape index (κ1) is 14.1. The molecule has 0 unspecified atom stereocenters. The van der Waals surface area contributed by atoms with Crippen molar-refractivity contribution in [3.8, 4) is 0 Å². The van der Waals surface area contributed by atoms with Gasteiger partial charge in [-0.15, -0.1) is 11.8 Å². The first-order chi connectivity index (χ1) is 8.45. The van der Waals surface area contributed by atoms with E-state index >= 15 is 0 Å². The Morgan fingerprint density at radius 3 is 2.56 bits per heavy atom. The zero-order chi connectivity index (χ0) is 13.2. The van der Waals surface area contributed by atoms with E-state index in [-0.39, 0.29) is 5.41 Å². The van der Waals surface area contributed by atoms with Crippen LogP contribution in [0.3, 0.4) is 0 Å². The summed E-state index contributed by atoms with van der Waals surface area (Å²) in [5, 5.41) is 1.58. The number of rotatable bonds is 3. The molecule has 1 aliphatic carbocycles. The molecule has 0 atom stereocenters. The molecule has 0 N–H and O–H groups in total. The minimum absolute atomic E-state index is 0.0480. The van der Waals surface area contributed by atoms with Gasteiger partial charge < -0.3 is 0 Å². The molecule has 0 spiro atoms. The second-order valence-corrected chi connectivity index (χ2v) is 7.49. The van der Waals surface area contributed by atoms with Crippen molar-refractivity contribution >= 4 is 23.4 Å². The number of thioether (sulfide) groups is 1. The van der Waals surface area contributed by atoms with Crippen LogP contribution in [0.2, 0.25) is 5.15 Å². The zero-order valence-electron chi connectivity index (χ0n) is 11.4. The van der Waals surface area contributed by atoms with E-state index in [0.29, 0.717) is 5.15 Å². The van der Waals surface area contributed by atoms with E-state index in [1.807, 2.05) is 17.8 Å². The third-order valence-corrected chi connectivity index (χ3v) is 4.62. The predicted octanol–water partition coefficient (Wildman–Crippen LogP) is 4.71. The average molecular weight is 285 g/mol. The van der Waals surface area contributed by atoms with Crippen molar-refractivity contribution in [2.24, 2.45) is 5.92 Å². The lowest BCUT2D eigenvalue weighted by Crippen LogP contribution is -2.16. The molecule has 2 nitrogen and oxygen atoms in total. The molecular weight excluding hydrogens is 264 g/mol. The van der Waals surface area contributed by atoms with Crippen LogP contribution in [-0.2, 0) is 5.41 Å². The maximum absolute atomic E-state index is 6.09. The van der Waals surface area contributed by atoms with Gasteiger partial charge in [0.2, 0.25) is 0 Å². The lowest BCUT2D eigenvalue weighted by atomic mass is 9.96. The fourth-order valence-corrected chi connectivity index (χ4v) is 3.52. The third-order valence-electron chi connectivity index (χ3n) is 3.28. The maximum atomic E-state index is 6.09. The summed E-state index contributed by atoms with van der Waals surface area (Å²) in [7, 11) is 0. The molecule has 0 bridgehead atoms. The summed E-state index contributed by atoms with van der Waals surface area (Å²) < 4.78 is 0. The highest BCUT2D eigenvalue weighted by Gasteiger charge is 2.20. The Labute approximate surface area is 119 Å². The van der Waals surface area contributed by atoms with Gasteiger partial charge in [0, 0.05) is 17.2 Å². The highest BCUT2D eigenvalue weighted by atomic mass is 35.5. The lowest BCUT2D eigenvalue weighted by Gasteiger charge is -2.17. The Balaban J connectivity index is 2.05. The molecule has 0 aliphatic heterocycles. The SMILES string of the molecule is CC(C)(C)c1nc(Cl)cc(SCC2CCCC2)n1. The van der Waals surface area contributed by atoms with Crippen LogP contribution in [0.15, 0.2) is 11.1 Å². The molecule has 0 saturated heterocycles. The van der Waals surface area contributed by atoms with E-state index in [0.717, 1.165) is 22.5 Å². The van der Waals surface area contributed by atoms with Gasteiger partial charge in [-0.25, -0.2) is 9.97 Å². The van der Waals surface area contributed by atoms with E-state index < -0.39 is 0 Å². The van der Waals surface area contributed by atoms with Crippen LogP contribution in [0.25, 0.3) is 0 Å². The van der Waals surface area contributed by atoms with Crippen LogP contribution in [-0.4, -0.2) is 15.7 Å². The number of halogens is 1. The van der Waals surface area contributed by atoms with E-state index in [9.17, 15) is 0 Å². The van der Waals surface area contributed by atoms with Crippen molar-refractivity contribution in [2.75, 3.05) is 5.75 Å². The fourth-order valence-electron chi connectivity index (χ4n) is 2.19. The zero-order valence-corrected chi connectivity index (χ0v) is 12.9. The molecule has 1 heterocycles. The summed E-state index contributed by atoms with van der Waals surface area (Å²) in [5.41, 5.74) is -0.0480. The van der Waals surface area contributed by atoms with Crippen molar-refractivity contribution < 1.29 is 0 Å². The normalized spacial score (nSPS) is 17.3. The van der Waals surface area contributed by atoms with Gasteiger partial charge in [-0.1, -0.05) is 45.2 Å². The second kappa shape index (κ2) is 5.79. The van der Waals surface area contributed by atoms with Gasteiger partial charge in [0.15, 0.2) is 0 Å². The van der Waals surface area contributed by atoms with Gasteiger partial charge in [0.1, 0.15) is 16.0 Å². The van der Waals surface area contributed by atoms with Crippen molar-refractivity contribution in [3.05, 3.63) is 17.0 Å². The minimum Gasteiger partial charge on any atom is -0.226 e.